The van der Waals surface area contributed by atoms with Crippen molar-refractivity contribution >= 4 is 30.5 Å². The van der Waals surface area contributed by atoms with Crippen LogP contribution in [0.1, 0.15) is 11.6 Å². The maximum atomic E-state index is 14.0. The first kappa shape index (κ1) is 24.4. The Bertz CT molecular complexity index is 981. The molecule has 0 bridgehead atoms. The summed E-state index contributed by atoms with van der Waals surface area (Å²) in [6, 6.07) is -0.804. The number of carbonyl (C=O) groups is 3. The fraction of sp³-hybridized carbons (Fsp3) is 0.316. The summed E-state index contributed by atoms with van der Waals surface area (Å²) in [4.78, 5) is 42.4. The Labute approximate surface area is 181 Å². The predicted octanol–water partition coefficient (Wildman–Crippen LogP) is 1.34. The number of nitrogens with one attached hydrogen (secondary N) is 2. The number of ether oxygens (including phenoxy) is 2. The highest BCUT2D eigenvalue weighted by molar-refractivity contribution is 6.02. The molecule has 11 nitrogen and oxygen atoms in total. The number of hydrogen-bond donors (Lipinski definition) is 3. The zero-order valence-electron chi connectivity index (χ0n) is 17.2. The lowest BCUT2D eigenvalue weighted by atomic mass is 9.93. The van der Waals surface area contributed by atoms with E-state index < -0.39 is 35.7 Å². The van der Waals surface area contributed by atoms with Crippen LogP contribution in [0.15, 0.2) is 39.6 Å². The Morgan fingerprint density at radius 1 is 1.31 bits per heavy atom. The molecule has 0 aliphatic carbocycles. The van der Waals surface area contributed by atoms with Crippen molar-refractivity contribution in [3.8, 4) is 0 Å². The minimum Gasteiger partial charge on any atom is -0.466 e. The second-order valence-electron chi connectivity index (χ2n) is 6.40. The zero-order chi connectivity index (χ0) is 23.8. The van der Waals surface area contributed by atoms with E-state index in [0.717, 1.165) is 25.3 Å². The third-order valence-corrected chi connectivity index (χ3v) is 4.38. The number of methoxy groups -OCH3 is 2. The normalized spacial score (nSPS) is 16.5. The highest BCUT2D eigenvalue weighted by atomic mass is 19.2. The van der Waals surface area contributed by atoms with Gasteiger partial charge in [0.2, 0.25) is 0 Å². The van der Waals surface area contributed by atoms with Crippen LogP contribution in [0.5, 0.6) is 0 Å². The molecular weight excluding hydrogens is 432 g/mol. The number of halogens is 2. The van der Waals surface area contributed by atoms with Gasteiger partial charge >= 0.3 is 18.0 Å². The molecule has 13 heteroatoms. The second kappa shape index (κ2) is 10.9. The van der Waals surface area contributed by atoms with E-state index in [1.807, 2.05) is 0 Å². The third kappa shape index (κ3) is 5.24. The van der Waals surface area contributed by atoms with Crippen LogP contribution in [0.3, 0.4) is 0 Å². The lowest BCUT2D eigenvalue weighted by Gasteiger charge is -2.36. The molecule has 0 saturated heterocycles. The number of esters is 1. The van der Waals surface area contributed by atoms with Gasteiger partial charge in [-0.05, 0) is 24.4 Å². The van der Waals surface area contributed by atoms with E-state index in [0.29, 0.717) is 4.90 Å². The molecule has 0 radical (unpaired) electrons. The minimum absolute atomic E-state index is 0.0170. The molecule has 0 saturated carbocycles. The monoisotopic (exact) mass is 453 g/mol. The third-order valence-electron chi connectivity index (χ3n) is 4.38. The van der Waals surface area contributed by atoms with Gasteiger partial charge in [-0.25, -0.2) is 28.1 Å². The Morgan fingerprint density at radius 3 is 2.59 bits per heavy atom. The van der Waals surface area contributed by atoms with Crippen LogP contribution in [0.4, 0.5) is 18.4 Å². The smallest absolute Gasteiger partial charge is 0.338 e. The molecule has 2 rings (SSSR count). The van der Waals surface area contributed by atoms with Crippen molar-refractivity contribution in [3.63, 3.8) is 0 Å². The van der Waals surface area contributed by atoms with Crippen LogP contribution in [0.2, 0.25) is 0 Å². The molecule has 0 aromatic heterocycles. The lowest BCUT2D eigenvalue weighted by molar-refractivity contribution is -0.137. The van der Waals surface area contributed by atoms with E-state index in [1.54, 1.807) is 0 Å². The van der Waals surface area contributed by atoms with Gasteiger partial charge in [-0.15, -0.1) is 0 Å². The molecule has 1 atom stereocenters. The number of oxime groups is 1. The first-order valence-corrected chi connectivity index (χ1v) is 9.04. The average Bonchev–Trinajstić information content (AvgIpc) is 2.77. The van der Waals surface area contributed by atoms with Crippen LogP contribution in [0, 0.1) is 11.6 Å². The van der Waals surface area contributed by atoms with Gasteiger partial charge in [-0.1, -0.05) is 11.2 Å². The Morgan fingerprint density at radius 2 is 2.03 bits per heavy atom. The summed E-state index contributed by atoms with van der Waals surface area (Å²) in [5.74, 6) is -3.34. The van der Waals surface area contributed by atoms with Crippen LogP contribution in [-0.4, -0.2) is 74.5 Å². The topological polar surface area (TPSA) is 142 Å². The van der Waals surface area contributed by atoms with Gasteiger partial charge in [0.05, 0.1) is 43.8 Å². The van der Waals surface area contributed by atoms with E-state index in [4.69, 9.17) is 14.7 Å². The summed E-state index contributed by atoms with van der Waals surface area (Å²) in [5.41, 5.74) is -0.291. The fourth-order valence-corrected chi connectivity index (χ4v) is 2.99. The van der Waals surface area contributed by atoms with Crippen LogP contribution in [-0.2, 0) is 14.3 Å². The number of urea groups is 2. The molecule has 4 amide bonds. The summed E-state index contributed by atoms with van der Waals surface area (Å²) in [6.07, 6.45) is 0. The van der Waals surface area contributed by atoms with Crippen molar-refractivity contribution in [2.45, 2.75) is 6.04 Å². The zero-order valence-corrected chi connectivity index (χ0v) is 17.2. The molecule has 1 aliphatic rings. The van der Waals surface area contributed by atoms with Gasteiger partial charge in [0.25, 0.3) is 0 Å². The van der Waals surface area contributed by atoms with Crippen LogP contribution in [0.25, 0.3) is 0 Å². The van der Waals surface area contributed by atoms with Gasteiger partial charge in [0.1, 0.15) is 6.04 Å². The van der Waals surface area contributed by atoms with Gasteiger partial charge in [0.15, 0.2) is 11.6 Å². The molecule has 0 spiro atoms. The number of benzene rings is 1. The number of aliphatic imine (C=N–C) groups is 1. The maximum Gasteiger partial charge on any atom is 0.338 e. The van der Waals surface area contributed by atoms with Crippen molar-refractivity contribution in [1.82, 2.24) is 15.5 Å². The Balaban J connectivity index is 2.58. The quantitative estimate of drug-likeness (QED) is 0.235. The standard InChI is InChI=1S/C19H21F2N5O6/c1-22-7-11(25-30)8-23-18(28)26-16(10-4-5-12(20)13(21)6-10)15(17(27)32-3)14(9-31-2)24-19(26)29/h4-6,16,30H,1,7-9H2,2-3H3,(H,23,28)(H,24,29)/b25-11+. The first-order valence-electron chi connectivity index (χ1n) is 9.04. The SMILES string of the molecule is C=NC/C(CNC(=O)N1C(=O)NC(COC)=C(C(=O)OC)C1c1ccc(F)c(F)c1)=N\O. The van der Waals surface area contributed by atoms with E-state index >= 15 is 0 Å². The summed E-state index contributed by atoms with van der Waals surface area (Å²) >= 11 is 0. The van der Waals surface area contributed by atoms with Gasteiger partial charge in [-0.3, -0.25) is 4.99 Å². The van der Waals surface area contributed by atoms with Crippen molar-refractivity contribution in [1.29, 1.82) is 0 Å². The molecule has 1 heterocycles. The van der Waals surface area contributed by atoms with Gasteiger partial charge in [0, 0.05) is 7.11 Å². The van der Waals surface area contributed by atoms with E-state index in [1.165, 1.54) is 7.11 Å². The number of rotatable bonds is 8. The molecule has 1 aliphatic heterocycles. The Kier molecular flexibility index (Phi) is 8.35. The Hall–Kier alpha value is -3.87. The first-order chi connectivity index (χ1) is 15.3. The lowest BCUT2D eigenvalue weighted by Crippen LogP contribution is -2.55. The van der Waals surface area contributed by atoms with Crippen LogP contribution < -0.4 is 10.6 Å². The van der Waals surface area contributed by atoms with Gasteiger partial charge in [-0.2, -0.15) is 0 Å². The number of amides is 4. The number of nitrogens with zero attached hydrogens (tertiary/aromatic N) is 3. The number of imide groups is 1. The average molecular weight is 453 g/mol. The predicted molar refractivity (Wildman–Crippen MR) is 107 cm³/mol. The summed E-state index contributed by atoms with van der Waals surface area (Å²) in [6.45, 7) is 2.60. The molecule has 1 aromatic rings. The van der Waals surface area contributed by atoms with Crippen molar-refractivity contribution < 1.29 is 37.8 Å². The molecule has 172 valence electrons. The minimum atomic E-state index is -1.48. The highest BCUT2D eigenvalue weighted by Crippen LogP contribution is 2.35. The van der Waals surface area contributed by atoms with E-state index in [2.05, 4.69) is 27.5 Å². The number of carbonyl (C=O) groups excluding carboxylic acids is 3. The second-order valence-corrected chi connectivity index (χ2v) is 6.40. The maximum absolute atomic E-state index is 14.0. The van der Waals surface area contributed by atoms with Crippen LogP contribution >= 0.6 is 0 Å². The highest BCUT2D eigenvalue weighted by Gasteiger charge is 2.43. The molecule has 1 aromatic carbocycles. The van der Waals surface area contributed by atoms with Crippen molar-refractivity contribution in [3.05, 3.63) is 46.7 Å². The summed E-state index contributed by atoms with van der Waals surface area (Å²) < 4.78 is 37.3. The van der Waals surface area contributed by atoms with E-state index in [-0.39, 0.29) is 42.2 Å². The molecule has 0 fully saturated rings. The molecular formula is C19H21F2N5O6. The largest absolute Gasteiger partial charge is 0.466 e. The molecule has 32 heavy (non-hydrogen) atoms. The molecule has 1 unspecified atom stereocenters. The molecule has 3 N–H and O–H groups in total. The number of hydrogen-bond acceptors (Lipinski definition) is 8. The van der Waals surface area contributed by atoms with Crippen molar-refractivity contribution in [2.24, 2.45) is 10.1 Å². The summed E-state index contributed by atoms with van der Waals surface area (Å²) in [5, 5.41) is 16.6. The van der Waals surface area contributed by atoms with E-state index in [9.17, 15) is 23.2 Å². The fourth-order valence-electron chi connectivity index (χ4n) is 2.99. The summed E-state index contributed by atoms with van der Waals surface area (Å²) in [7, 11) is 2.39. The van der Waals surface area contributed by atoms with Gasteiger partial charge < -0.3 is 25.3 Å². The van der Waals surface area contributed by atoms with Crippen molar-refractivity contribution in [2.75, 3.05) is 33.9 Å².